The second-order valence-electron chi connectivity index (χ2n) is 4.39. The van der Waals surface area contributed by atoms with Gasteiger partial charge in [-0.05, 0) is 37.3 Å². The molecule has 3 nitrogen and oxygen atoms in total. The van der Waals surface area contributed by atoms with Crippen LogP contribution < -0.4 is 0 Å². The average Bonchev–Trinajstić information content (AvgIpc) is 2.79. The maximum absolute atomic E-state index is 6.09. The number of halogens is 3. The van der Waals surface area contributed by atoms with E-state index >= 15 is 0 Å². The summed E-state index contributed by atoms with van der Waals surface area (Å²) >= 11 is 18.0. The Hall–Kier alpha value is -1.29. The summed E-state index contributed by atoms with van der Waals surface area (Å²) in [4.78, 5) is 9.03. The van der Waals surface area contributed by atoms with Crippen LogP contribution in [0.2, 0.25) is 10.0 Å². The third-order valence-electron chi connectivity index (χ3n) is 2.99. The number of benzene rings is 1. The Bertz CT molecular complexity index is 796. The number of fused-ring (bicyclic) bond motifs is 1. The van der Waals surface area contributed by atoms with Crippen LogP contribution in [0.25, 0.3) is 16.9 Å². The van der Waals surface area contributed by atoms with Crippen molar-refractivity contribution in [2.45, 2.75) is 12.8 Å². The number of alkyl halides is 1. The van der Waals surface area contributed by atoms with E-state index in [-0.39, 0.29) is 5.88 Å². The Labute approximate surface area is 131 Å². The molecule has 0 atom stereocenters. The minimum atomic E-state index is 0.287. The summed E-state index contributed by atoms with van der Waals surface area (Å²) in [6.45, 7) is 1.94. The van der Waals surface area contributed by atoms with Crippen molar-refractivity contribution in [1.29, 1.82) is 0 Å². The summed E-state index contributed by atoms with van der Waals surface area (Å²) in [7, 11) is 0. The topological polar surface area (TPSA) is 30.7 Å². The fourth-order valence-corrected chi connectivity index (χ4v) is 2.56. The predicted octanol–water partition coefficient (Wildman–Crippen LogP) is 4.77. The highest BCUT2D eigenvalue weighted by Crippen LogP contribution is 2.27. The highest BCUT2D eigenvalue weighted by molar-refractivity contribution is 6.42. The average molecular weight is 327 g/mol. The van der Waals surface area contributed by atoms with Crippen LogP contribution in [0.1, 0.15) is 11.5 Å². The number of hydrogen-bond donors (Lipinski definition) is 0. The van der Waals surface area contributed by atoms with Gasteiger partial charge in [0.2, 0.25) is 0 Å². The molecule has 0 fully saturated rings. The largest absolute Gasteiger partial charge is 0.280 e. The van der Waals surface area contributed by atoms with E-state index in [1.165, 1.54) is 0 Å². The zero-order chi connectivity index (χ0) is 14.3. The molecule has 6 heteroatoms. The number of hydrogen-bond acceptors (Lipinski definition) is 2. The SMILES string of the molecule is Cc1ccc2nc(CCl)n(-c3ccc(Cl)c(Cl)c3)c2n1. The second-order valence-corrected chi connectivity index (χ2v) is 5.47. The van der Waals surface area contributed by atoms with Gasteiger partial charge in [0.15, 0.2) is 5.65 Å². The third kappa shape index (κ3) is 2.26. The second kappa shape index (κ2) is 5.24. The molecule has 0 unspecified atom stereocenters. The lowest BCUT2D eigenvalue weighted by atomic mass is 10.3. The lowest BCUT2D eigenvalue weighted by Crippen LogP contribution is -2.00. The third-order valence-corrected chi connectivity index (χ3v) is 3.97. The summed E-state index contributed by atoms with van der Waals surface area (Å²) in [5, 5.41) is 0.996. The molecule has 0 spiro atoms. The van der Waals surface area contributed by atoms with Gasteiger partial charge in [0, 0.05) is 5.69 Å². The Kier molecular flexibility index (Phi) is 3.59. The van der Waals surface area contributed by atoms with Crippen molar-refractivity contribution >= 4 is 46.0 Å². The number of pyridine rings is 1. The van der Waals surface area contributed by atoms with Crippen LogP contribution in [-0.4, -0.2) is 14.5 Å². The van der Waals surface area contributed by atoms with E-state index in [1.807, 2.05) is 29.7 Å². The highest BCUT2D eigenvalue weighted by atomic mass is 35.5. The lowest BCUT2D eigenvalue weighted by molar-refractivity contribution is 0.966. The van der Waals surface area contributed by atoms with Gasteiger partial charge in [-0.15, -0.1) is 11.6 Å². The van der Waals surface area contributed by atoms with Gasteiger partial charge in [0.1, 0.15) is 11.3 Å². The van der Waals surface area contributed by atoms with E-state index in [0.29, 0.717) is 10.0 Å². The summed E-state index contributed by atoms with van der Waals surface area (Å²) in [6.07, 6.45) is 0. The van der Waals surface area contributed by atoms with Gasteiger partial charge in [0.05, 0.1) is 21.6 Å². The van der Waals surface area contributed by atoms with Crippen molar-refractivity contribution in [2.75, 3.05) is 0 Å². The van der Waals surface area contributed by atoms with Crippen molar-refractivity contribution in [2.24, 2.45) is 0 Å². The molecule has 2 heterocycles. The van der Waals surface area contributed by atoms with Gasteiger partial charge in [-0.3, -0.25) is 4.57 Å². The van der Waals surface area contributed by atoms with Crippen molar-refractivity contribution in [1.82, 2.24) is 14.5 Å². The molecule has 20 heavy (non-hydrogen) atoms. The quantitative estimate of drug-likeness (QED) is 0.635. The number of nitrogens with zero attached hydrogens (tertiary/aromatic N) is 3. The molecule has 0 aliphatic rings. The van der Waals surface area contributed by atoms with Crippen molar-refractivity contribution < 1.29 is 0 Å². The summed E-state index contributed by atoms with van der Waals surface area (Å²) < 4.78 is 1.90. The molecule has 0 amide bonds. The van der Waals surface area contributed by atoms with Crippen LogP contribution in [0.3, 0.4) is 0 Å². The first kappa shape index (κ1) is 13.7. The molecule has 0 radical (unpaired) electrons. The van der Waals surface area contributed by atoms with E-state index in [2.05, 4.69) is 9.97 Å². The van der Waals surface area contributed by atoms with Crippen LogP contribution in [-0.2, 0) is 5.88 Å². The number of aromatic nitrogens is 3. The molecule has 0 aliphatic heterocycles. The number of aryl methyl sites for hydroxylation is 1. The normalized spacial score (nSPS) is 11.2. The van der Waals surface area contributed by atoms with Crippen LogP contribution in [0.15, 0.2) is 30.3 Å². The lowest BCUT2D eigenvalue weighted by Gasteiger charge is -2.08. The monoisotopic (exact) mass is 325 g/mol. The fraction of sp³-hybridized carbons (Fsp3) is 0.143. The van der Waals surface area contributed by atoms with Gasteiger partial charge in [0.25, 0.3) is 0 Å². The van der Waals surface area contributed by atoms with Gasteiger partial charge < -0.3 is 0 Å². The number of rotatable bonds is 2. The first-order valence-corrected chi connectivity index (χ1v) is 7.25. The first-order valence-electron chi connectivity index (χ1n) is 5.96. The smallest absolute Gasteiger partial charge is 0.164 e. The molecule has 0 aliphatic carbocycles. The van der Waals surface area contributed by atoms with Crippen LogP contribution in [0.5, 0.6) is 0 Å². The predicted molar refractivity (Wildman–Crippen MR) is 83.2 cm³/mol. The highest BCUT2D eigenvalue weighted by Gasteiger charge is 2.14. The van der Waals surface area contributed by atoms with E-state index in [4.69, 9.17) is 34.8 Å². The minimum Gasteiger partial charge on any atom is -0.280 e. The molecule has 0 bridgehead atoms. The fourth-order valence-electron chi connectivity index (χ4n) is 2.08. The zero-order valence-electron chi connectivity index (χ0n) is 10.6. The molecule has 2 aromatic heterocycles. The van der Waals surface area contributed by atoms with Crippen molar-refractivity contribution in [3.05, 3.63) is 51.9 Å². The van der Waals surface area contributed by atoms with Gasteiger partial charge in [-0.1, -0.05) is 23.2 Å². The Morgan fingerprint density at radius 1 is 1.05 bits per heavy atom. The van der Waals surface area contributed by atoms with E-state index in [9.17, 15) is 0 Å². The molecular weight excluding hydrogens is 317 g/mol. The van der Waals surface area contributed by atoms with E-state index in [0.717, 1.165) is 28.4 Å². The Morgan fingerprint density at radius 3 is 2.55 bits per heavy atom. The first-order chi connectivity index (χ1) is 9.60. The molecule has 1 aromatic carbocycles. The van der Waals surface area contributed by atoms with Crippen molar-refractivity contribution in [3.63, 3.8) is 0 Å². The van der Waals surface area contributed by atoms with Gasteiger partial charge >= 0.3 is 0 Å². The van der Waals surface area contributed by atoms with Crippen molar-refractivity contribution in [3.8, 4) is 5.69 Å². The standard InChI is InChI=1S/C14H10Cl3N3/c1-8-2-5-12-14(18-8)20(13(7-15)19-12)9-3-4-10(16)11(17)6-9/h2-6H,7H2,1H3. The summed E-state index contributed by atoms with van der Waals surface area (Å²) in [6, 6.07) is 9.26. The van der Waals surface area contributed by atoms with Gasteiger partial charge in [-0.25, -0.2) is 9.97 Å². The maximum atomic E-state index is 6.09. The maximum Gasteiger partial charge on any atom is 0.164 e. The molecule has 0 N–H and O–H groups in total. The van der Waals surface area contributed by atoms with Gasteiger partial charge in [-0.2, -0.15) is 0 Å². The Morgan fingerprint density at radius 2 is 1.85 bits per heavy atom. The summed E-state index contributed by atoms with van der Waals surface area (Å²) in [5.74, 6) is 1.01. The van der Waals surface area contributed by atoms with Crippen LogP contribution in [0.4, 0.5) is 0 Å². The summed E-state index contributed by atoms with van der Waals surface area (Å²) in [5.41, 5.74) is 3.33. The molecule has 3 aromatic rings. The minimum absolute atomic E-state index is 0.287. The number of imidazole rings is 1. The molecule has 3 rings (SSSR count). The van der Waals surface area contributed by atoms with Crippen LogP contribution >= 0.6 is 34.8 Å². The molecule has 102 valence electrons. The Balaban J connectivity index is 2.32. The van der Waals surface area contributed by atoms with E-state index < -0.39 is 0 Å². The molecular formula is C14H10Cl3N3. The molecule has 0 saturated carbocycles. The zero-order valence-corrected chi connectivity index (χ0v) is 12.8. The van der Waals surface area contributed by atoms with E-state index in [1.54, 1.807) is 12.1 Å². The van der Waals surface area contributed by atoms with Crippen LogP contribution in [0, 0.1) is 6.92 Å². The molecule has 0 saturated heterocycles.